The standard InChI is InChI=1S/C17H15Cl2FN2O3S/c18-12-6-21-7-13(19)16(12)22-17(23)10-1-2-15(26-9-20)14(5-10)25-11-3-4-24-8-11/h1-2,5-7,11H,3-4,8-9H2,(H,21,22,23). The molecule has 1 aliphatic rings. The molecule has 1 aromatic carbocycles. The van der Waals surface area contributed by atoms with Crippen molar-refractivity contribution in [1.82, 2.24) is 4.98 Å². The first-order chi connectivity index (χ1) is 12.6. The number of nitrogens with zero attached hydrogens (tertiary/aromatic N) is 1. The van der Waals surface area contributed by atoms with Gasteiger partial charge in [0.1, 0.15) is 17.9 Å². The van der Waals surface area contributed by atoms with Crippen molar-refractivity contribution < 1.29 is 18.7 Å². The van der Waals surface area contributed by atoms with Crippen LogP contribution in [0, 0.1) is 0 Å². The Morgan fingerprint density at radius 3 is 2.81 bits per heavy atom. The highest BCUT2D eigenvalue weighted by Crippen LogP contribution is 2.33. The molecule has 1 aliphatic heterocycles. The van der Waals surface area contributed by atoms with Gasteiger partial charge in [-0.05, 0) is 18.2 Å². The Kier molecular flexibility index (Phi) is 6.58. The lowest BCUT2D eigenvalue weighted by Gasteiger charge is -2.16. The number of hydrogen-bond donors (Lipinski definition) is 1. The number of alkyl halides is 1. The van der Waals surface area contributed by atoms with Crippen molar-refractivity contribution in [3.63, 3.8) is 0 Å². The molecule has 0 bridgehead atoms. The van der Waals surface area contributed by atoms with E-state index in [9.17, 15) is 9.18 Å². The van der Waals surface area contributed by atoms with Gasteiger partial charge >= 0.3 is 0 Å². The average molecular weight is 417 g/mol. The predicted octanol–water partition coefficient (Wildman–Crippen LogP) is 4.83. The number of amides is 1. The van der Waals surface area contributed by atoms with E-state index < -0.39 is 11.9 Å². The van der Waals surface area contributed by atoms with Crippen molar-refractivity contribution in [2.75, 3.05) is 24.5 Å². The first kappa shape index (κ1) is 19.2. The lowest BCUT2D eigenvalue weighted by atomic mass is 10.2. The molecule has 0 saturated carbocycles. The number of rotatable bonds is 6. The minimum atomic E-state index is -0.592. The number of anilines is 1. The van der Waals surface area contributed by atoms with Gasteiger partial charge in [-0.25, -0.2) is 4.39 Å². The van der Waals surface area contributed by atoms with Crippen LogP contribution >= 0.6 is 35.0 Å². The Morgan fingerprint density at radius 2 is 2.15 bits per heavy atom. The third-order valence-electron chi connectivity index (χ3n) is 3.69. The minimum absolute atomic E-state index is 0.114. The summed E-state index contributed by atoms with van der Waals surface area (Å²) >= 11 is 13.1. The Morgan fingerprint density at radius 1 is 1.38 bits per heavy atom. The van der Waals surface area contributed by atoms with Crippen molar-refractivity contribution in [1.29, 1.82) is 0 Å². The number of pyridine rings is 1. The largest absolute Gasteiger partial charge is 0.487 e. The predicted molar refractivity (Wildman–Crippen MR) is 100 cm³/mol. The van der Waals surface area contributed by atoms with Crippen LogP contribution in [0.4, 0.5) is 10.1 Å². The second-order valence-corrected chi connectivity index (χ2v) is 7.21. The lowest BCUT2D eigenvalue weighted by Crippen LogP contribution is -2.17. The van der Waals surface area contributed by atoms with Gasteiger partial charge in [-0.1, -0.05) is 35.0 Å². The number of halogens is 3. The van der Waals surface area contributed by atoms with E-state index in [1.165, 1.54) is 12.4 Å². The van der Waals surface area contributed by atoms with E-state index in [-0.39, 0.29) is 21.8 Å². The van der Waals surface area contributed by atoms with E-state index in [0.717, 1.165) is 18.2 Å². The van der Waals surface area contributed by atoms with Crippen LogP contribution in [0.3, 0.4) is 0 Å². The van der Waals surface area contributed by atoms with Crippen LogP contribution in [0.5, 0.6) is 5.75 Å². The van der Waals surface area contributed by atoms with Crippen LogP contribution in [0.2, 0.25) is 10.0 Å². The maximum atomic E-state index is 12.8. The number of aromatic nitrogens is 1. The quantitative estimate of drug-likeness (QED) is 0.683. The molecule has 1 unspecified atom stereocenters. The van der Waals surface area contributed by atoms with E-state index >= 15 is 0 Å². The monoisotopic (exact) mass is 416 g/mol. The summed E-state index contributed by atoms with van der Waals surface area (Å²) in [6, 6.07) is 4.23. The lowest BCUT2D eigenvalue weighted by molar-refractivity contribution is 0.102. The summed E-state index contributed by atoms with van der Waals surface area (Å²) in [5.74, 6) is 0.0343. The van der Waals surface area contributed by atoms with Crippen LogP contribution < -0.4 is 10.1 Å². The Balaban J connectivity index is 1.83. The van der Waals surface area contributed by atoms with Gasteiger partial charge in [0.15, 0.2) is 0 Å². The normalized spacial score (nSPS) is 16.5. The SMILES string of the molecule is O=C(Nc1c(Cl)cncc1Cl)c1ccc(SCF)c(OC2CCOC2)c1. The van der Waals surface area contributed by atoms with Gasteiger partial charge in [-0.3, -0.25) is 9.78 Å². The molecule has 1 N–H and O–H groups in total. The van der Waals surface area contributed by atoms with E-state index in [4.69, 9.17) is 32.7 Å². The maximum absolute atomic E-state index is 12.8. The van der Waals surface area contributed by atoms with Gasteiger partial charge in [0, 0.05) is 24.4 Å². The Hall–Kier alpha value is -1.54. The highest BCUT2D eigenvalue weighted by molar-refractivity contribution is 7.99. The van der Waals surface area contributed by atoms with Crippen LogP contribution in [-0.2, 0) is 4.74 Å². The molecule has 1 amide bonds. The highest BCUT2D eigenvalue weighted by Gasteiger charge is 2.20. The van der Waals surface area contributed by atoms with Crippen molar-refractivity contribution in [2.45, 2.75) is 17.4 Å². The third-order valence-corrected chi connectivity index (χ3v) is 5.02. The van der Waals surface area contributed by atoms with Gasteiger partial charge in [-0.15, -0.1) is 0 Å². The Bertz CT molecular complexity index is 783. The molecule has 2 heterocycles. The highest BCUT2D eigenvalue weighted by atomic mass is 35.5. The first-order valence-electron chi connectivity index (χ1n) is 7.76. The Labute approximate surface area is 164 Å². The molecule has 9 heteroatoms. The fourth-order valence-electron chi connectivity index (χ4n) is 2.42. The van der Waals surface area contributed by atoms with E-state index in [1.54, 1.807) is 18.2 Å². The molecule has 138 valence electrons. The zero-order chi connectivity index (χ0) is 18.5. The van der Waals surface area contributed by atoms with Crippen molar-refractivity contribution in [3.05, 3.63) is 46.2 Å². The first-order valence-corrected chi connectivity index (χ1v) is 9.50. The zero-order valence-electron chi connectivity index (χ0n) is 13.5. The summed E-state index contributed by atoms with van der Waals surface area (Å²) in [4.78, 5) is 17.0. The molecule has 3 rings (SSSR count). The molecular formula is C17H15Cl2FN2O3S. The topological polar surface area (TPSA) is 60.5 Å². The summed E-state index contributed by atoms with van der Waals surface area (Å²) in [6.45, 7) is 1.09. The fraction of sp³-hybridized carbons (Fsp3) is 0.294. The second-order valence-electron chi connectivity index (χ2n) is 5.45. The van der Waals surface area contributed by atoms with Crippen LogP contribution in [0.25, 0.3) is 0 Å². The minimum Gasteiger partial charge on any atom is -0.487 e. The number of ether oxygens (including phenoxy) is 2. The van der Waals surface area contributed by atoms with Crippen LogP contribution in [0.1, 0.15) is 16.8 Å². The van der Waals surface area contributed by atoms with Crippen molar-refractivity contribution in [2.24, 2.45) is 0 Å². The molecule has 0 radical (unpaired) electrons. The molecule has 5 nitrogen and oxygen atoms in total. The summed E-state index contributed by atoms with van der Waals surface area (Å²) < 4.78 is 24.0. The molecule has 1 saturated heterocycles. The summed E-state index contributed by atoms with van der Waals surface area (Å²) in [7, 11) is 0. The summed E-state index contributed by atoms with van der Waals surface area (Å²) in [5, 5.41) is 3.13. The van der Waals surface area contributed by atoms with Gasteiger partial charge < -0.3 is 14.8 Å². The second kappa shape index (κ2) is 8.90. The molecule has 0 spiro atoms. The smallest absolute Gasteiger partial charge is 0.255 e. The number of benzene rings is 1. The molecule has 26 heavy (non-hydrogen) atoms. The molecule has 1 atom stereocenters. The van der Waals surface area contributed by atoms with Gasteiger partial charge in [0.05, 0.1) is 33.8 Å². The van der Waals surface area contributed by atoms with E-state index in [1.807, 2.05) is 0 Å². The third kappa shape index (κ3) is 4.59. The fourth-order valence-corrected chi connectivity index (χ4v) is 3.41. The number of carbonyl (C=O) groups excluding carboxylic acids is 1. The number of nitrogens with one attached hydrogen (secondary N) is 1. The summed E-state index contributed by atoms with van der Waals surface area (Å²) in [5.41, 5.74) is 0.619. The van der Waals surface area contributed by atoms with Gasteiger partial charge in [-0.2, -0.15) is 0 Å². The molecular weight excluding hydrogens is 402 g/mol. The van der Waals surface area contributed by atoms with Crippen LogP contribution in [-0.4, -0.2) is 36.2 Å². The van der Waals surface area contributed by atoms with E-state index in [0.29, 0.717) is 29.4 Å². The number of hydrogen-bond acceptors (Lipinski definition) is 5. The molecule has 1 fully saturated rings. The van der Waals surface area contributed by atoms with Gasteiger partial charge in [0.25, 0.3) is 5.91 Å². The van der Waals surface area contributed by atoms with E-state index in [2.05, 4.69) is 10.3 Å². The van der Waals surface area contributed by atoms with Crippen molar-refractivity contribution in [3.8, 4) is 5.75 Å². The number of carbonyl (C=O) groups is 1. The molecule has 2 aromatic rings. The van der Waals surface area contributed by atoms with Crippen LogP contribution in [0.15, 0.2) is 35.5 Å². The number of thioether (sulfide) groups is 1. The van der Waals surface area contributed by atoms with Crippen molar-refractivity contribution >= 4 is 46.6 Å². The molecule has 1 aromatic heterocycles. The maximum Gasteiger partial charge on any atom is 0.255 e. The van der Waals surface area contributed by atoms with Gasteiger partial charge in [0.2, 0.25) is 0 Å². The zero-order valence-corrected chi connectivity index (χ0v) is 15.8. The summed E-state index contributed by atoms with van der Waals surface area (Å²) in [6.07, 6.45) is 3.41. The molecule has 0 aliphatic carbocycles. The average Bonchev–Trinajstić information content (AvgIpc) is 3.13.